The summed E-state index contributed by atoms with van der Waals surface area (Å²) in [5.41, 5.74) is 0. The van der Waals surface area contributed by atoms with Crippen LogP contribution in [0.1, 0.15) is 0 Å². The van der Waals surface area contributed by atoms with E-state index in [9.17, 15) is 0 Å². The van der Waals surface area contributed by atoms with Crippen molar-refractivity contribution in [3.8, 4) is 0 Å². The third-order valence-electron chi connectivity index (χ3n) is 0. The van der Waals surface area contributed by atoms with Gasteiger partial charge >= 0.3 is 18.9 Å². The van der Waals surface area contributed by atoms with Crippen molar-refractivity contribution in [3.05, 3.63) is 0 Å². The van der Waals surface area contributed by atoms with Gasteiger partial charge in [-0.2, -0.15) is 0 Å². The molecule has 5 heavy (non-hydrogen) atoms. The fraction of sp³-hybridized carbons (Fsp3) is 0. The fourth-order valence-corrected chi connectivity index (χ4v) is 0. The molecule has 0 saturated carbocycles. The van der Waals surface area contributed by atoms with Gasteiger partial charge in [-0.3, -0.25) is 4.70 Å². The van der Waals surface area contributed by atoms with Crippen molar-refractivity contribution in [2.45, 2.75) is 0 Å². The molecule has 0 aromatic heterocycles. The summed E-state index contributed by atoms with van der Waals surface area (Å²) in [6, 6.07) is 0. The van der Waals surface area contributed by atoms with Gasteiger partial charge in [0, 0.05) is 107 Å². The summed E-state index contributed by atoms with van der Waals surface area (Å²) in [6.07, 6.45) is 0. The zero-order valence-corrected chi connectivity index (χ0v) is 8.12. The Morgan fingerprint density at radius 3 is 1.00 bits per heavy atom. The Labute approximate surface area is 127 Å². The summed E-state index contributed by atoms with van der Waals surface area (Å²) in [7, 11) is 0. The van der Waals surface area contributed by atoms with Crippen LogP contribution >= 0.6 is 0 Å². The van der Waals surface area contributed by atoms with Crippen molar-refractivity contribution in [1.82, 2.24) is 0 Å². The summed E-state index contributed by atoms with van der Waals surface area (Å²) >= 11 is 0. The third-order valence-corrected chi connectivity index (χ3v) is 0. The second-order valence-corrected chi connectivity index (χ2v) is 0. The minimum Gasteiger partial charge on any atom is 0 e. The molecule has 0 nitrogen and oxygen atoms in total. The van der Waals surface area contributed by atoms with Gasteiger partial charge in [-0.1, -0.05) is 0 Å². The Morgan fingerprint density at radius 2 is 1.00 bits per heavy atom. The van der Waals surface area contributed by atoms with Gasteiger partial charge in [0.2, 0.25) is 0 Å². The van der Waals surface area contributed by atoms with Crippen molar-refractivity contribution in [3.63, 3.8) is 0 Å². The molecule has 0 aliphatic carbocycles. The van der Waals surface area contributed by atoms with Gasteiger partial charge in [0.15, 0.2) is 0 Å². The predicted molar refractivity (Wildman–Crippen MR) is 9.65 cm³/mol. The molecule has 37 valence electrons. The second-order valence-electron chi connectivity index (χ2n) is 0. The number of hydrogen-bond acceptors (Lipinski definition) is 0. The molecular formula is H2FHoLiTmY. The van der Waals surface area contributed by atoms with Crippen LogP contribution in [-0.2, 0) is 32.7 Å². The van der Waals surface area contributed by atoms with Crippen LogP contribution in [0.2, 0.25) is 0 Å². The topological polar surface area (TPSA) is 0 Å². The van der Waals surface area contributed by atoms with Gasteiger partial charge in [0.25, 0.3) is 0 Å². The van der Waals surface area contributed by atoms with Gasteiger partial charge < -0.3 is 0 Å². The minimum atomic E-state index is 0. The average Bonchev–Trinajstić information content (AvgIpc) is 0. The van der Waals surface area contributed by atoms with Gasteiger partial charge in [-0.25, -0.2) is 0 Å². The molecule has 0 amide bonds. The zero-order chi connectivity index (χ0) is 0. The van der Waals surface area contributed by atoms with Crippen molar-refractivity contribution in [1.29, 1.82) is 0 Å². The van der Waals surface area contributed by atoms with Gasteiger partial charge in [0.05, 0.1) is 0 Å². The SMILES string of the molecule is F.[Ho].[LiH].[Tm].[Y]. The van der Waals surface area contributed by atoms with E-state index in [1.165, 1.54) is 0 Å². The van der Waals surface area contributed by atoms with Crippen molar-refractivity contribution in [2.75, 3.05) is 0 Å². The third kappa shape index (κ3) is 17.9. The molecule has 0 aromatic carbocycles. The largest absolute Gasteiger partial charge is 0 e. The molecule has 0 unspecified atom stereocenters. The van der Waals surface area contributed by atoms with Crippen LogP contribution in [0, 0.1) is 74.6 Å². The molecule has 0 bridgehead atoms. The quantitative estimate of drug-likeness (QED) is 0.437. The second kappa shape index (κ2) is 24.2. The first kappa shape index (κ1) is 35.4. The summed E-state index contributed by atoms with van der Waals surface area (Å²) in [5.74, 6) is 0. The van der Waals surface area contributed by atoms with Crippen molar-refractivity contribution >= 4 is 18.9 Å². The first-order valence-corrected chi connectivity index (χ1v) is 0. The Bertz CT molecular complexity index is 11.6. The van der Waals surface area contributed by atoms with E-state index >= 15 is 0 Å². The van der Waals surface area contributed by atoms with E-state index < -0.39 is 0 Å². The van der Waals surface area contributed by atoms with E-state index in [1.807, 2.05) is 0 Å². The van der Waals surface area contributed by atoms with Gasteiger partial charge in [-0.15, -0.1) is 0 Å². The van der Waals surface area contributed by atoms with E-state index in [1.54, 1.807) is 0 Å². The molecule has 0 atom stereocenters. The molecule has 0 aliphatic rings. The predicted octanol–water partition coefficient (Wildman–Crippen LogP) is -0.498. The summed E-state index contributed by atoms with van der Waals surface area (Å²) in [6.45, 7) is 0. The Kier molecular flexibility index (Phi) is 172. The number of hydrogen-bond donors (Lipinski definition) is 0. The Hall–Kier alpha value is 4.12. The van der Waals surface area contributed by atoms with E-state index in [-0.39, 0.29) is 131 Å². The molecular weight excluding hydrogens is 449 g/mol. The van der Waals surface area contributed by atoms with Crippen LogP contribution < -0.4 is 0 Å². The molecule has 0 N–H and O–H groups in total. The molecule has 0 saturated heterocycles. The van der Waals surface area contributed by atoms with Crippen molar-refractivity contribution < 1.29 is 112 Å². The first-order valence-electron chi connectivity index (χ1n) is 0. The number of rotatable bonds is 0. The minimum absolute atomic E-state index is 0. The maximum Gasteiger partial charge on any atom is 0 e. The van der Waals surface area contributed by atoms with E-state index in [0.29, 0.717) is 0 Å². The van der Waals surface area contributed by atoms with Crippen LogP contribution in [0.4, 0.5) is 4.70 Å². The maximum atomic E-state index is 0. The molecule has 0 aromatic rings. The normalized spacial score (nSPS) is 0. The van der Waals surface area contributed by atoms with Gasteiger partial charge in [0.1, 0.15) is 0 Å². The summed E-state index contributed by atoms with van der Waals surface area (Å²) < 4.78 is 0. The van der Waals surface area contributed by atoms with Gasteiger partial charge in [-0.05, 0) is 0 Å². The molecule has 3 radical (unpaired) electrons. The monoisotopic (exact) mass is 451 g/mol. The zero-order valence-electron chi connectivity index (χ0n) is 1.56. The maximum absolute atomic E-state index is 0. The van der Waals surface area contributed by atoms with Crippen LogP contribution in [0.3, 0.4) is 0 Å². The molecule has 0 fully saturated rings. The fourth-order valence-electron chi connectivity index (χ4n) is 0. The van der Waals surface area contributed by atoms with E-state index in [4.69, 9.17) is 0 Å². The first-order chi connectivity index (χ1) is 0. The molecule has 0 rings (SSSR count). The molecule has 0 heterocycles. The van der Waals surface area contributed by atoms with Crippen LogP contribution in [0.25, 0.3) is 0 Å². The number of halogens is 1. The van der Waals surface area contributed by atoms with E-state index in [0.717, 1.165) is 0 Å². The van der Waals surface area contributed by atoms with Crippen LogP contribution in [0.5, 0.6) is 0 Å². The smallest absolute Gasteiger partial charge is 0 e. The molecule has 0 aliphatic heterocycles. The van der Waals surface area contributed by atoms with Crippen molar-refractivity contribution in [2.24, 2.45) is 0 Å². The molecule has 0 spiro atoms. The Balaban J connectivity index is 0. The van der Waals surface area contributed by atoms with E-state index in [2.05, 4.69) is 0 Å². The Morgan fingerprint density at radius 1 is 1.00 bits per heavy atom. The molecule has 5 heteroatoms. The van der Waals surface area contributed by atoms with Crippen LogP contribution in [-0.4, -0.2) is 18.9 Å². The summed E-state index contributed by atoms with van der Waals surface area (Å²) in [5, 5.41) is 0. The average molecular weight is 451 g/mol. The van der Waals surface area contributed by atoms with Crippen LogP contribution in [0.15, 0.2) is 0 Å². The summed E-state index contributed by atoms with van der Waals surface area (Å²) in [4.78, 5) is 0. The standard InChI is InChI=1S/FH.Ho.Li.Tm.Y.H/h1H;;;;;.